The fourth-order valence-corrected chi connectivity index (χ4v) is 1.95. The molecule has 1 heterocycles. The Bertz CT molecular complexity index is 608. The molecule has 0 aromatic heterocycles. The number of likely N-dealkylation sites (tertiary alicyclic amines) is 1. The molecule has 0 atom stereocenters. The zero-order valence-electron chi connectivity index (χ0n) is 16.8. The number of allylic oxidation sites excluding steroid dienone is 9. The van der Waals surface area contributed by atoms with E-state index in [0.29, 0.717) is 5.70 Å². The predicted octanol–water partition coefficient (Wildman–Crippen LogP) is 6.84. The van der Waals surface area contributed by atoms with Gasteiger partial charge in [0.25, 0.3) is 5.92 Å². The van der Waals surface area contributed by atoms with E-state index < -0.39 is 5.92 Å². The van der Waals surface area contributed by atoms with Gasteiger partial charge in [0.05, 0.1) is 13.1 Å². The predicted molar refractivity (Wildman–Crippen MR) is 107 cm³/mol. The van der Waals surface area contributed by atoms with Crippen molar-refractivity contribution in [1.82, 2.24) is 4.90 Å². The molecule has 25 heavy (non-hydrogen) atoms. The zero-order valence-corrected chi connectivity index (χ0v) is 16.8. The van der Waals surface area contributed by atoms with Crippen molar-refractivity contribution >= 4 is 0 Å². The Morgan fingerprint density at radius 2 is 1.12 bits per heavy atom. The van der Waals surface area contributed by atoms with E-state index in [1.165, 1.54) is 0 Å². The quantitative estimate of drug-likeness (QED) is 0.475. The van der Waals surface area contributed by atoms with Gasteiger partial charge in [0.2, 0.25) is 0 Å². The number of nitrogens with zero attached hydrogens (tertiary/aromatic N) is 1. The molecule has 0 amide bonds. The van der Waals surface area contributed by atoms with Gasteiger partial charge < -0.3 is 4.90 Å². The van der Waals surface area contributed by atoms with Crippen LogP contribution < -0.4 is 0 Å². The molecule has 0 bridgehead atoms. The van der Waals surface area contributed by atoms with E-state index >= 15 is 0 Å². The van der Waals surface area contributed by atoms with Crippen LogP contribution in [0.2, 0.25) is 0 Å². The first-order valence-corrected chi connectivity index (χ1v) is 8.72. The Kier molecular flexibility index (Phi) is 9.40. The Hall–Kier alpha value is -1.90. The molecule has 0 spiro atoms. The van der Waals surface area contributed by atoms with Gasteiger partial charge >= 0.3 is 0 Å². The van der Waals surface area contributed by atoms with Crippen molar-refractivity contribution in [3.05, 3.63) is 71.0 Å². The van der Waals surface area contributed by atoms with E-state index in [1.54, 1.807) is 4.90 Å². The van der Waals surface area contributed by atoms with Gasteiger partial charge in [0, 0.05) is 5.70 Å². The van der Waals surface area contributed by atoms with Crippen LogP contribution in [0.5, 0.6) is 0 Å². The monoisotopic (exact) mass is 349 g/mol. The minimum atomic E-state index is -2.57. The standard InChI is InChI=1S/C20H27F2N.C2H6/c1-14(2)15(3)8-9-16(4)17(5)10-11-18(6)19(7)23-12-20(21,22)13-23;1-2/h8-11H,1,7,12-13H2,2-6H3;1-2H3/b15-8+,16-9+,17-10+,18-11+;. The molecular formula is C22H33F2N. The minimum Gasteiger partial charge on any atom is -0.360 e. The number of rotatable bonds is 6. The summed E-state index contributed by atoms with van der Waals surface area (Å²) < 4.78 is 25.8. The molecule has 1 aliphatic heterocycles. The lowest BCUT2D eigenvalue weighted by Gasteiger charge is -2.41. The number of hydrogen-bond donors (Lipinski definition) is 0. The molecule has 1 rings (SSSR count). The highest BCUT2D eigenvalue weighted by molar-refractivity contribution is 5.39. The van der Waals surface area contributed by atoms with Crippen molar-refractivity contribution in [3.63, 3.8) is 0 Å². The Morgan fingerprint density at radius 3 is 1.48 bits per heavy atom. The van der Waals surface area contributed by atoms with E-state index in [2.05, 4.69) is 19.2 Å². The third-order valence-electron chi connectivity index (χ3n) is 4.14. The third-order valence-corrected chi connectivity index (χ3v) is 4.14. The summed E-state index contributed by atoms with van der Waals surface area (Å²) in [6.45, 7) is 21.3. The van der Waals surface area contributed by atoms with Gasteiger partial charge in [-0.15, -0.1) is 0 Å². The van der Waals surface area contributed by atoms with Crippen molar-refractivity contribution in [3.8, 4) is 0 Å². The summed E-state index contributed by atoms with van der Waals surface area (Å²) in [6, 6.07) is 0. The number of halogens is 2. The zero-order chi connectivity index (χ0) is 19.8. The lowest BCUT2D eigenvalue weighted by atomic mass is 10.0. The minimum absolute atomic E-state index is 0.233. The summed E-state index contributed by atoms with van der Waals surface area (Å²) in [7, 11) is 0. The van der Waals surface area contributed by atoms with Crippen LogP contribution in [0.15, 0.2) is 71.0 Å². The lowest BCUT2D eigenvalue weighted by Crippen LogP contribution is -2.55. The third kappa shape index (κ3) is 7.68. The molecule has 1 nitrogen and oxygen atoms in total. The van der Waals surface area contributed by atoms with Crippen molar-refractivity contribution in [2.24, 2.45) is 0 Å². The topological polar surface area (TPSA) is 3.24 Å². The highest BCUT2D eigenvalue weighted by Crippen LogP contribution is 2.31. The molecule has 3 heteroatoms. The molecule has 1 saturated heterocycles. The van der Waals surface area contributed by atoms with Gasteiger partial charge in [-0.05, 0) is 56.9 Å². The molecule has 1 aliphatic rings. The van der Waals surface area contributed by atoms with Gasteiger partial charge in [-0.1, -0.05) is 56.9 Å². The average Bonchev–Trinajstić information content (AvgIpc) is 2.55. The van der Waals surface area contributed by atoms with Crippen LogP contribution in [0, 0.1) is 0 Å². The SMILES string of the molecule is C=C(C)/C(C)=C/C=C(C)/C(C)=C/C=C(\C)C(=C)N1CC(F)(F)C1.CC. The van der Waals surface area contributed by atoms with E-state index in [9.17, 15) is 8.78 Å². The van der Waals surface area contributed by atoms with Gasteiger partial charge in [0.1, 0.15) is 0 Å². The first-order valence-electron chi connectivity index (χ1n) is 8.72. The second-order valence-corrected chi connectivity index (χ2v) is 6.34. The highest BCUT2D eigenvalue weighted by Gasteiger charge is 2.44. The van der Waals surface area contributed by atoms with Crippen molar-refractivity contribution in [1.29, 1.82) is 0 Å². The molecule has 0 aromatic rings. The number of alkyl halides is 2. The molecule has 0 unspecified atom stereocenters. The molecule has 140 valence electrons. The van der Waals surface area contributed by atoms with E-state index in [1.807, 2.05) is 66.7 Å². The van der Waals surface area contributed by atoms with Gasteiger partial charge in [0.15, 0.2) is 0 Å². The van der Waals surface area contributed by atoms with Crippen LogP contribution in [0.25, 0.3) is 0 Å². The first-order chi connectivity index (χ1) is 11.5. The summed E-state index contributed by atoms with van der Waals surface area (Å²) >= 11 is 0. The maximum atomic E-state index is 12.9. The van der Waals surface area contributed by atoms with Crippen molar-refractivity contribution < 1.29 is 8.78 Å². The summed E-state index contributed by atoms with van der Waals surface area (Å²) in [6.07, 6.45) is 8.03. The van der Waals surface area contributed by atoms with E-state index in [0.717, 1.165) is 27.9 Å². The molecule has 0 radical (unpaired) electrons. The Morgan fingerprint density at radius 1 is 0.760 bits per heavy atom. The van der Waals surface area contributed by atoms with Crippen molar-refractivity contribution in [2.45, 2.75) is 54.4 Å². The Balaban J connectivity index is 0.00000277. The van der Waals surface area contributed by atoms with E-state index in [4.69, 9.17) is 0 Å². The van der Waals surface area contributed by atoms with Crippen molar-refractivity contribution in [2.75, 3.05) is 13.1 Å². The maximum absolute atomic E-state index is 12.9. The van der Waals surface area contributed by atoms with Crippen LogP contribution in [0.4, 0.5) is 8.78 Å². The number of hydrogen-bond acceptors (Lipinski definition) is 1. The lowest BCUT2D eigenvalue weighted by molar-refractivity contribution is -0.114. The molecule has 0 saturated carbocycles. The highest BCUT2D eigenvalue weighted by atomic mass is 19.3. The molecule has 0 N–H and O–H groups in total. The van der Waals surface area contributed by atoms with Crippen LogP contribution in [-0.2, 0) is 0 Å². The maximum Gasteiger partial charge on any atom is 0.282 e. The normalized spacial score (nSPS) is 18.2. The van der Waals surface area contributed by atoms with Crippen LogP contribution >= 0.6 is 0 Å². The first kappa shape index (κ1) is 23.1. The van der Waals surface area contributed by atoms with Crippen LogP contribution in [0.1, 0.15) is 48.5 Å². The van der Waals surface area contributed by atoms with Crippen LogP contribution in [-0.4, -0.2) is 23.9 Å². The largest absolute Gasteiger partial charge is 0.360 e. The summed E-state index contributed by atoms with van der Waals surface area (Å²) in [5, 5.41) is 0. The average molecular weight is 350 g/mol. The summed E-state index contributed by atoms with van der Waals surface area (Å²) in [4.78, 5) is 1.61. The smallest absolute Gasteiger partial charge is 0.282 e. The van der Waals surface area contributed by atoms with Gasteiger partial charge in [-0.3, -0.25) is 0 Å². The van der Waals surface area contributed by atoms with Gasteiger partial charge in [-0.2, -0.15) is 0 Å². The van der Waals surface area contributed by atoms with Crippen LogP contribution in [0.3, 0.4) is 0 Å². The fourth-order valence-electron chi connectivity index (χ4n) is 1.95. The molecule has 1 fully saturated rings. The molecule has 0 aromatic carbocycles. The van der Waals surface area contributed by atoms with Gasteiger partial charge in [-0.25, -0.2) is 8.78 Å². The summed E-state index contributed by atoms with van der Waals surface area (Å²) in [5.41, 5.74) is 6.04. The fraction of sp³-hybridized carbons (Fsp3) is 0.455. The Labute approximate surface area is 152 Å². The molecular weight excluding hydrogens is 316 g/mol. The second kappa shape index (κ2) is 10.2. The van der Waals surface area contributed by atoms with E-state index in [-0.39, 0.29) is 13.1 Å². The molecule has 0 aliphatic carbocycles. The second-order valence-electron chi connectivity index (χ2n) is 6.34. The summed E-state index contributed by atoms with van der Waals surface area (Å²) in [5.74, 6) is -2.57.